The first kappa shape index (κ1) is 16.5. The molecular formula is C19H21ClN4O. The molecule has 5 nitrogen and oxygen atoms in total. The monoisotopic (exact) mass is 356 g/mol. The van der Waals surface area contributed by atoms with Crippen molar-refractivity contribution >= 4 is 22.5 Å². The van der Waals surface area contributed by atoms with Crippen molar-refractivity contribution in [1.82, 2.24) is 19.4 Å². The Bertz CT molecular complexity index is 920. The summed E-state index contributed by atoms with van der Waals surface area (Å²) >= 11 is 6.25. The number of aromatic nitrogens is 3. The Labute approximate surface area is 151 Å². The zero-order valence-electron chi connectivity index (χ0n) is 14.4. The number of benzene rings is 1. The van der Waals surface area contributed by atoms with Gasteiger partial charge in [0.2, 0.25) is 0 Å². The van der Waals surface area contributed by atoms with Crippen LogP contribution in [-0.4, -0.2) is 38.1 Å². The van der Waals surface area contributed by atoms with Crippen LogP contribution in [0.2, 0.25) is 5.02 Å². The van der Waals surface area contributed by atoms with Gasteiger partial charge in [-0.3, -0.25) is 0 Å². The molecule has 0 spiro atoms. The van der Waals surface area contributed by atoms with E-state index in [1.165, 1.54) is 23.0 Å². The largest absolute Gasteiger partial charge is 0.382 e. The predicted octanol–water partition coefficient (Wildman–Crippen LogP) is 2.98. The second-order valence-corrected chi connectivity index (χ2v) is 7.47. The van der Waals surface area contributed by atoms with Gasteiger partial charge in [0.1, 0.15) is 11.9 Å². The number of aliphatic hydroxyl groups is 1. The first-order valence-electron chi connectivity index (χ1n) is 8.42. The number of rotatable bonds is 3. The van der Waals surface area contributed by atoms with Crippen LogP contribution in [-0.2, 0) is 25.1 Å². The summed E-state index contributed by atoms with van der Waals surface area (Å²) in [4.78, 5) is 10.5. The molecule has 0 saturated carbocycles. The van der Waals surface area contributed by atoms with E-state index >= 15 is 0 Å². The Kier molecular flexibility index (Phi) is 4.02. The van der Waals surface area contributed by atoms with Gasteiger partial charge in [-0.05, 0) is 43.8 Å². The summed E-state index contributed by atoms with van der Waals surface area (Å²) < 4.78 is 2.23. The molecule has 1 aromatic carbocycles. The standard InChI is InChI=1S/C19H21ClN4O/c1-19(25,18-5-7-21-12-22-18)11-24-16-4-3-13(20)9-14(16)15-10-23(2)8-6-17(15)24/h3-5,7,9,12,25H,6,8,10-11H2,1-2H3. The lowest BCUT2D eigenvalue weighted by molar-refractivity contribution is 0.0340. The molecule has 130 valence electrons. The van der Waals surface area contributed by atoms with E-state index in [-0.39, 0.29) is 0 Å². The van der Waals surface area contributed by atoms with Crippen molar-refractivity contribution in [2.24, 2.45) is 0 Å². The van der Waals surface area contributed by atoms with Crippen LogP contribution in [0, 0.1) is 0 Å². The number of fused-ring (bicyclic) bond motifs is 3. The molecule has 3 heterocycles. The van der Waals surface area contributed by atoms with Crippen molar-refractivity contribution in [3.63, 3.8) is 0 Å². The second-order valence-electron chi connectivity index (χ2n) is 7.03. The molecule has 3 aromatic rings. The summed E-state index contributed by atoms with van der Waals surface area (Å²) in [6.45, 7) is 4.15. The Morgan fingerprint density at radius 2 is 2.16 bits per heavy atom. The Morgan fingerprint density at radius 3 is 2.92 bits per heavy atom. The third-order valence-electron chi connectivity index (χ3n) is 5.01. The molecule has 6 heteroatoms. The van der Waals surface area contributed by atoms with Crippen LogP contribution in [0.25, 0.3) is 10.9 Å². The SMILES string of the molecule is CN1CCc2c(c3cc(Cl)ccc3n2CC(C)(O)c2ccncn2)C1. The maximum Gasteiger partial charge on any atom is 0.122 e. The molecule has 0 fully saturated rings. The van der Waals surface area contributed by atoms with Gasteiger partial charge in [-0.15, -0.1) is 0 Å². The van der Waals surface area contributed by atoms with Crippen LogP contribution >= 0.6 is 11.6 Å². The fraction of sp³-hybridized carbons (Fsp3) is 0.368. The van der Waals surface area contributed by atoms with Gasteiger partial charge in [0.15, 0.2) is 0 Å². The maximum atomic E-state index is 11.1. The van der Waals surface area contributed by atoms with Gasteiger partial charge in [0.05, 0.1) is 12.2 Å². The number of halogens is 1. The Hall–Kier alpha value is -1.95. The average molecular weight is 357 g/mol. The number of hydrogen-bond donors (Lipinski definition) is 1. The predicted molar refractivity (Wildman–Crippen MR) is 98.6 cm³/mol. The van der Waals surface area contributed by atoms with Crippen LogP contribution in [0.1, 0.15) is 23.9 Å². The smallest absolute Gasteiger partial charge is 0.122 e. The fourth-order valence-corrected chi connectivity index (χ4v) is 3.91. The molecule has 2 aromatic heterocycles. The van der Waals surface area contributed by atoms with Crippen LogP contribution in [0.15, 0.2) is 36.8 Å². The molecule has 1 unspecified atom stereocenters. The van der Waals surface area contributed by atoms with Crippen LogP contribution < -0.4 is 0 Å². The summed E-state index contributed by atoms with van der Waals surface area (Å²) in [6, 6.07) is 7.76. The Balaban J connectivity index is 1.85. The summed E-state index contributed by atoms with van der Waals surface area (Å²) in [5, 5.41) is 13.0. The van der Waals surface area contributed by atoms with Crippen molar-refractivity contribution in [1.29, 1.82) is 0 Å². The summed E-state index contributed by atoms with van der Waals surface area (Å²) in [5.74, 6) is 0. The zero-order chi connectivity index (χ0) is 17.6. The van der Waals surface area contributed by atoms with Crippen molar-refractivity contribution in [3.8, 4) is 0 Å². The van der Waals surface area contributed by atoms with E-state index < -0.39 is 5.60 Å². The van der Waals surface area contributed by atoms with Crippen molar-refractivity contribution in [2.75, 3.05) is 13.6 Å². The minimum absolute atomic E-state index is 0.446. The Morgan fingerprint density at radius 1 is 1.32 bits per heavy atom. The minimum atomic E-state index is -1.08. The van der Waals surface area contributed by atoms with Gasteiger partial charge < -0.3 is 14.6 Å². The van der Waals surface area contributed by atoms with Crippen LogP contribution in [0.5, 0.6) is 0 Å². The third-order valence-corrected chi connectivity index (χ3v) is 5.24. The first-order valence-corrected chi connectivity index (χ1v) is 8.80. The molecule has 4 rings (SSSR count). The molecule has 1 N–H and O–H groups in total. The number of hydrogen-bond acceptors (Lipinski definition) is 4. The van der Waals surface area contributed by atoms with Crippen molar-refractivity contribution < 1.29 is 5.11 Å². The van der Waals surface area contributed by atoms with E-state index in [4.69, 9.17) is 11.6 Å². The normalized spacial score (nSPS) is 17.4. The lowest BCUT2D eigenvalue weighted by Crippen LogP contribution is -2.32. The van der Waals surface area contributed by atoms with Crippen LogP contribution in [0.3, 0.4) is 0 Å². The molecule has 0 amide bonds. The molecule has 0 bridgehead atoms. The van der Waals surface area contributed by atoms with Crippen LogP contribution in [0.4, 0.5) is 0 Å². The van der Waals surface area contributed by atoms with Gasteiger partial charge in [-0.25, -0.2) is 9.97 Å². The minimum Gasteiger partial charge on any atom is -0.382 e. The third kappa shape index (κ3) is 2.92. The lowest BCUT2D eigenvalue weighted by atomic mass is 10.0. The molecule has 1 aliphatic heterocycles. The molecule has 0 saturated heterocycles. The lowest BCUT2D eigenvalue weighted by Gasteiger charge is -2.28. The fourth-order valence-electron chi connectivity index (χ4n) is 3.74. The first-order chi connectivity index (χ1) is 12.0. The van der Waals surface area contributed by atoms with Gasteiger partial charge >= 0.3 is 0 Å². The van der Waals surface area contributed by atoms with E-state index in [9.17, 15) is 5.11 Å². The van der Waals surface area contributed by atoms with Gasteiger partial charge in [-0.1, -0.05) is 11.6 Å². The van der Waals surface area contributed by atoms with Gasteiger partial charge in [-0.2, -0.15) is 0 Å². The molecule has 25 heavy (non-hydrogen) atoms. The average Bonchev–Trinajstić information content (AvgIpc) is 2.88. The highest BCUT2D eigenvalue weighted by atomic mass is 35.5. The molecule has 0 radical (unpaired) electrons. The summed E-state index contributed by atoms with van der Waals surface area (Å²) in [5.41, 5.74) is 3.25. The molecule has 1 aliphatic rings. The molecular weight excluding hydrogens is 336 g/mol. The van der Waals surface area contributed by atoms with Crippen molar-refractivity contribution in [2.45, 2.75) is 32.0 Å². The second kappa shape index (κ2) is 6.09. The quantitative estimate of drug-likeness (QED) is 0.784. The van der Waals surface area contributed by atoms with Crippen molar-refractivity contribution in [3.05, 3.63) is 58.8 Å². The van der Waals surface area contributed by atoms with E-state index in [0.29, 0.717) is 12.2 Å². The maximum absolute atomic E-state index is 11.1. The van der Waals surface area contributed by atoms with E-state index in [0.717, 1.165) is 30.0 Å². The highest BCUT2D eigenvalue weighted by Gasteiger charge is 2.30. The topological polar surface area (TPSA) is 54.2 Å². The number of nitrogens with zero attached hydrogens (tertiary/aromatic N) is 4. The van der Waals surface area contributed by atoms with E-state index in [2.05, 4.69) is 26.5 Å². The van der Waals surface area contributed by atoms with E-state index in [1.807, 2.05) is 18.2 Å². The van der Waals surface area contributed by atoms with E-state index in [1.54, 1.807) is 19.2 Å². The molecule has 1 atom stereocenters. The zero-order valence-corrected chi connectivity index (χ0v) is 15.2. The highest BCUT2D eigenvalue weighted by Crippen LogP contribution is 2.34. The summed E-state index contributed by atoms with van der Waals surface area (Å²) in [7, 11) is 2.13. The van der Waals surface area contributed by atoms with Gasteiger partial charge in [0.25, 0.3) is 0 Å². The van der Waals surface area contributed by atoms with Gasteiger partial charge in [0, 0.05) is 47.3 Å². The highest BCUT2D eigenvalue weighted by molar-refractivity contribution is 6.31. The summed E-state index contributed by atoms with van der Waals surface area (Å²) in [6.07, 6.45) is 4.09. The number of likely N-dealkylation sites (N-methyl/N-ethyl adjacent to an activating group) is 1. The molecule has 0 aliphatic carbocycles.